The van der Waals surface area contributed by atoms with Gasteiger partial charge in [0.1, 0.15) is 5.60 Å². The van der Waals surface area contributed by atoms with Gasteiger partial charge in [-0.3, -0.25) is 4.79 Å². The zero-order valence-corrected chi connectivity index (χ0v) is 11.1. The van der Waals surface area contributed by atoms with Gasteiger partial charge >= 0.3 is 0 Å². The summed E-state index contributed by atoms with van der Waals surface area (Å²) < 4.78 is 0. The molecule has 1 heterocycles. The molecule has 1 atom stereocenters. The van der Waals surface area contributed by atoms with Crippen LogP contribution < -0.4 is 0 Å². The van der Waals surface area contributed by atoms with Crippen LogP contribution >= 0.6 is 0 Å². The van der Waals surface area contributed by atoms with Gasteiger partial charge in [-0.05, 0) is 17.5 Å². The first-order chi connectivity index (χ1) is 9.76. The summed E-state index contributed by atoms with van der Waals surface area (Å²) in [5, 5.41) is 11.4. The van der Waals surface area contributed by atoms with E-state index in [1.165, 1.54) is 0 Å². The van der Waals surface area contributed by atoms with Crippen molar-refractivity contribution in [3.05, 3.63) is 71.8 Å². The number of nitrogens with zero attached hydrogens (tertiary/aromatic N) is 1. The predicted molar refractivity (Wildman–Crippen MR) is 77.1 cm³/mol. The van der Waals surface area contributed by atoms with Crippen molar-refractivity contribution >= 4 is 6.41 Å². The monoisotopic (exact) mass is 267 g/mol. The van der Waals surface area contributed by atoms with E-state index in [1.807, 2.05) is 60.7 Å². The Balaban J connectivity index is 2.11. The molecule has 0 unspecified atom stereocenters. The number of aliphatic hydroxyl groups is 1. The van der Waals surface area contributed by atoms with Gasteiger partial charge in [0.05, 0.1) is 6.04 Å². The molecule has 0 spiro atoms. The highest BCUT2D eigenvalue weighted by molar-refractivity contribution is 5.52. The molecule has 1 amide bonds. The first-order valence-electron chi connectivity index (χ1n) is 6.81. The minimum absolute atomic E-state index is 0.204. The van der Waals surface area contributed by atoms with Crippen LogP contribution in [-0.4, -0.2) is 29.0 Å². The molecule has 0 aliphatic carbocycles. The number of benzene rings is 2. The van der Waals surface area contributed by atoms with Gasteiger partial charge in [0.2, 0.25) is 6.41 Å². The fourth-order valence-electron chi connectivity index (χ4n) is 2.92. The van der Waals surface area contributed by atoms with Crippen LogP contribution in [0.3, 0.4) is 0 Å². The highest BCUT2D eigenvalue weighted by Gasteiger charge is 2.47. The zero-order valence-electron chi connectivity index (χ0n) is 11.1. The number of amides is 1. The van der Waals surface area contributed by atoms with E-state index in [0.717, 1.165) is 24.0 Å². The minimum Gasteiger partial charge on any atom is -0.378 e. The third kappa shape index (κ3) is 1.91. The van der Waals surface area contributed by atoms with Crippen LogP contribution in [0.1, 0.15) is 17.5 Å². The Morgan fingerprint density at radius 1 is 1.00 bits per heavy atom. The Bertz CT molecular complexity index is 543. The predicted octanol–water partition coefficient (Wildman–Crippen LogP) is 2.15. The van der Waals surface area contributed by atoms with Crippen molar-refractivity contribution < 1.29 is 9.90 Å². The van der Waals surface area contributed by atoms with Crippen LogP contribution in [0.2, 0.25) is 0 Å². The van der Waals surface area contributed by atoms with E-state index in [-0.39, 0.29) is 6.04 Å². The van der Waals surface area contributed by atoms with E-state index in [9.17, 15) is 9.90 Å². The Morgan fingerprint density at radius 3 is 1.85 bits per heavy atom. The maximum absolute atomic E-state index is 11.4. The molecular formula is C17H17NO2. The zero-order chi connectivity index (χ0) is 14.0. The standard InChI is InChI=1S/C17H17NO2/c19-13-18-12-11-16(18)17(20,14-7-3-1-4-8-14)15-9-5-2-6-10-15/h1-10,13,16,20H,11-12H2/t16-/m0/s1. The van der Waals surface area contributed by atoms with E-state index in [0.29, 0.717) is 6.54 Å². The summed E-state index contributed by atoms with van der Waals surface area (Å²) in [5.41, 5.74) is 0.493. The molecule has 0 bridgehead atoms. The molecule has 3 nitrogen and oxygen atoms in total. The van der Waals surface area contributed by atoms with Crippen molar-refractivity contribution in [1.29, 1.82) is 0 Å². The van der Waals surface area contributed by atoms with Gasteiger partial charge < -0.3 is 10.0 Å². The molecule has 0 aromatic heterocycles. The summed E-state index contributed by atoms with van der Waals surface area (Å²) >= 11 is 0. The molecule has 0 saturated carbocycles. The number of hydrogen-bond donors (Lipinski definition) is 1. The second-order valence-corrected chi connectivity index (χ2v) is 5.15. The topological polar surface area (TPSA) is 40.5 Å². The van der Waals surface area contributed by atoms with Crippen molar-refractivity contribution in [2.24, 2.45) is 0 Å². The van der Waals surface area contributed by atoms with Gasteiger partial charge in [0.15, 0.2) is 0 Å². The quantitative estimate of drug-likeness (QED) is 0.862. The lowest BCUT2D eigenvalue weighted by atomic mass is 9.75. The van der Waals surface area contributed by atoms with E-state index >= 15 is 0 Å². The van der Waals surface area contributed by atoms with Crippen LogP contribution in [0.25, 0.3) is 0 Å². The molecule has 1 aliphatic heterocycles. The minimum atomic E-state index is -1.15. The molecule has 1 saturated heterocycles. The summed E-state index contributed by atoms with van der Waals surface area (Å²) in [6.07, 6.45) is 1.63. The number of hydrogen-bond acceptors (Lipinski definition) is 2. The summed E-state index contributed by atoms with van der Waals surface area (Å²) in [4.78, 5) is 12.8. The normalized spacial score (nSPS) is 18.4. The summed E-state index contributed by atoms with van der Waals surface area (Å²) in [5.74, 6) is 0. The van der Waals surface area contributed by atoms with Gasteiger partial charge in [0, 0.05) is 6.54 Å². The summed E-state index contributed by atoms with van der Waals surface area (Å²) in [6, 6.07) is 18.9. The Morgan fingerprint density at radius 2 is 1.50 bits per heavy atom. The van der Waals surface area contributed by atoms with E-state index in [4.69, 9.17) is 0 Å². The van der Waals surface area contributed by atoms with E-state index in [2.05, 4.69) is 0 Å². The van der Waals surface area contributed by atoms with Crippen molar-refractivity contribution in [2.75, 3.05) is 6.54 Å². The molecule has 102 valence electrons. The van der Waals surface area contributed by atoms with Crippen LogP contribution in [0.4, 0.5) is 0 Å². The van der Waals surface area contributed by atoms with Crippen LogP contribution in [0, 0.1) is 0 Å². The first kappa shape index (κ1) is 12.9. The Labute approximate surface area is 118 Å². The highest BCUT2D eigenvalue weighted by atomic mass is 16.3. The highest BCUT2D eigenvalue weighted by Crippen LogP contribution is 2.40. The van der Waals surface area contributed by atoms with Crippen LogP contribution in [-0.2, 0) is 10.4 Å². The second kappa shape index (κ2) is 5.10. The third-order valence-electron chi connectivity index (χ3n) is 4.11. The van der Waals surface area contributed by atoms with E-state index < -0.39 is 5.60 Å². The molecule has 1 aliphatic rings. The van der Waals surface area contributed by atoms with Crippen molar-refractivity contribution in [1.82, 2.24) is 4.90 Å². The maximum atomic E-state index is 11.4. The second-order valence-electron chi connectivity index (χ2n) is 5.15. The molecular weight excluding hydrogens is 250 g/mol. The largest absolute Gasteiger partial charge is 0.378 e. The van der Waals surface area contributed by atoms with Crippen molar-refractivity contribution in [2.45, 2.75) is 18.1 Å². The van der Waals surface area contributed by atoms with Crippen LogP contribution in [0.5, 0.6) is 0 Å². The fourth-order valence-corrected chi connectivity index (χ4v) is 2.92. The summed E-state index contributed by atoms with van der Waals surface area (Å²) in [7, 11) is 0. The number of carbonyl (C=O) groups is 1. The van der Waals surface area contributed by atoms with Crippen LogP contribution in [0.15, 0.2) is 60.7 Å². The lowest BCUT2D eigenvalue weighted by Gasteiger charge is -2.48. The molecule has 1 fully saturated rings. The van der Waals surface area contributed by atoms with Gasteiger partial charge in [-0.25, -0.2) is 0 Å². The molecule has 2 aromatic rings. The van der Waals surface area contributed by atoms with Gasteiger partial charge in [-0.15, -0.1) is 0 Å². The van der Waals surface area contributed by atoms with Crippen molar-refractivity contribution in [3.63, 3.8) is 0 Å². The molecule has 20 heavy (non-hydrogen) atoms. The Hall–Kier alpha value is -2.13. The summed E-state index contributed by atoms with van der Waals surface area (Å²) in [6.45, 7) is 0.705. The molecule has 3 rings (SSSR count). The molecule has 3 heteroatoms. The third-order valence-corrected chi connectivity index (χ3v) is 4.11. The van der Waals surface area contributed by atoms with Gasteiger partial charge in [-0.1, -0.05) is 60.7 Å². The SMILES string of the molecule is O=CN1CC[C@H]1C(O)(c1ccccc1)c1ccccc1. The average Bonchev–Trinajstić information content (AvgIpc) is 2.48. The number of rotatable bonds is 4. The first-order valence-corrected chi connectivity index (χ1v) is 6.81. The molecule has 1 N–H and O–H groups in total. The fraction of sp³-hybridized carbons (Fsp3) is 0.235. The number of likely N-dealkylation sites (tertiary alicyclic amines) is 1. The van der Waals surface area contributed by atoms with Crippen molar-refractivity contribution in [3.8, 4) is 0 Å². The lowest BCUT2D eigenvalue weighted by Crippen LogP contribution is -2.59. The van der Waals surface area contributed by atoms with E-state index in [1.54, 1.807) is 4.90 Å². The van der Waals surface area contributed by atoms with Gasteiger partial charge in [-0.2, -0.15) is 0 Å². The smallest absolute Gasteiger partial charge is 0.210 e. The van der Waals surface area contributed by atoms with Gasteiger partial charge in [0.25, 0.3) is 0 Å². The lowest BCUT2D eigenvalue weighted by molar-refractivity contribution is -0.136. The Kier molecular flexibility index (Phi) is 3.28. The average molecular weight is 267 g/mol. The maximum Gasteiger partial charge on any atom is 0.210 e. The number of carbonyl (C=O) groups excluding carboxylic acids is 1. The molecule has 2 aromatic carbocycles. The molecule has 0 radical (unpaired) electrons.